The van der Waals surface area contributed by atoms with Crippen LogP contribution < -0.4 is 4.72 Å². The van der Waals surface area contributed by atoms with Crippen LogP contribution in [0.1, 0.15) is 25.3 Å². The largest absolute Gasteiger partial charge is 0.371 e. The van der Waals surface area contributed by atoms with Gasteiger partial charge in [-0.1, -0.05) is 0 Å². The lowest BCUT2D eigenvalue weighted by Gasteiger charge is -2.47. The van der Waals surface area contributed by atoms with Crippen molar-refractivity contribution in [1.82, 2.24) is 14.5 Å². The minimum Gasteiger partial charge on any atom is -0.371 e. The van der Waals surface area contributed by atoms with Crippen LogP contribution in [0.25, 0.3) is 0 Å². The predicted molar refractivity (Wildman–Crippen MR) is 103 cm³/mol. The molecule has 3 rings (SSSR count). The van der Waals surface area contributed by atoms with Crippen LogP contribution in [-0.2, 0) is 24.3 Å². The zero-order valence-electron chi connectivity index (χ0n) is 16.6. The number of carbonyl (C=O) groups is 2. The second-order valence-electron chi connectivity index (χ2n) is 7.59. The number of amides is 2. The number of carbonyl (C=O) groups excluding carboxylic acids is 2. The molecule has 1 N–H and O–H groups in total. The minimum atomic E-state index is -3.92. The van der Waals surface area contributed by atoms with Gasteiger partial charge < -0.3 is 14.5 Å². The average Bonchev–Trinajstić information content (AvgIpc) is 2.68. The van der Waals surface area contributed by atoms with E-state index in [4.69, 9.17) is 4.74 Å². The quantitative estimate of drug-likeness (QED) is 0.761. The first kappa shape index (κ1) is 21.7. The van der Waals surface area contributed by atoms with Gasteiger partial charge in [0.05, 0.1) is 23.6 Å². The lowest BCUT2D eigenvalue weighted by Crippen LogP contribution is -2.59. The van der Waals surface area contributed by atoms with E-state index in [0.29, 0.717) is 45.6 Å². The Hall–Kier alpha value is -2.04. The summed E-state index contributed by atoms with van der Waals surface area (Å²) in [5.74, 6) is -0.812. The maximum atomic E-state index is 13.4. The molecular weight excluding hydrogens is 401 g/mol. The van der Waals surface area contributed by atoms with Gasteiger partial charge in [-0.3, -0.25) is 9.59 Å². The molecule has 0 saturated carbocycles. The first-order chi connectivity index (χ1) is 13.6. The normalized spacial score (nSPS) is 19.4. The molecule has 1 spiro atoms. The van der Waals surface area contributed by atoms with Gasteiger partial charge in [-0.25, -0.2) is 17.5 Å². The Kier molecular flexibility index (Phi) is 6.25. The van der Waals surface area contributed by atoms with Crippen LogP contribution in [0.4, 0.5) is 4.39 Å². The van der Waals surface area contributed by atoms with Gasteiger partial charge >= 0.3 is 0 Å². The Balaban J connectivity index is 1.59. The molecule has 2 aliphatic rings. The fraction of sp³-hybridized carbons (Fsp3) is 0.579. The molecule has 0 bridgehead atoms. The van der Waals surface area contributed by atoms with E-state index in [1.807, 2.05) is 0 Å². The molecule has 2 amide bonds. The second kappa shape index (κ2) is 8.37. The smallest absolute Gasteiger partial charge is 0.241 e. The van der Waals surface area contributed by atoms with Crippen LogP contribution in [0.15, 0.2) is 23.1 Å². The van der Waals surface area contributed by atoms with Gasteiger partial charge in [0, 0.05) is 33.1 Å². The zero-order valence-corrected chi connectivity index (χ0v) is 17.4. The van der Waals surface area contributed by atoms with E-state index >= 15 is 0 Å². The molecule has 2 saturated heterocycles. The van der Waals surface area contributed by atoms with Crippen LogP contribution in [0, 0.1) is 12.7 Å². The summed E-state index contributed by atoms with van der Waals surface area (Å²) in [5.41, 5.74) is -0.279. The van der Waals surface area contributed by atoms with Crippen LogP contribution in [-0.4, -0.2) is 75.0 Å². The van der Waals surface area contributed by atoms with E-state index in [0.717, 1.165) is 6.07 Å². The maximum absolute atomic E-state index is 13.4. The highest BCUT2D eigenvalue weighted by Gasteiger charge is 2.41. The van der Waals surface area contributed by atoms with E-state index in [-0.39, 0.29) is 28.8 Å². The first-order valence-corrected chi connectivity index (χ1v) is 11.0. The monoisotopic (exact) mass is 427 g/mol. The molecule has 0 unspecified atom stereocenters. The second-order valence-corrected chi connectivity index (χ2v) is 9.36. The highest BCUT2D eigenvalue weighted by atomic mass is 32.2. The van der Waals surface area contributed by atoms with E-state index in [1.165, 1.54) is 26.0 Å². The molecule has 2 aliphatic heterocycles. The number of hydrogen-bond donors (Lipinski definition) is 1. The van der Waals surface area contributed by atoms with Gasteiger partial charge in [0.2, 0.25) is 21.8 Å². The van der Waals surface area contributed by atoms with Crippen molar-refractivity contribution >= 4 is 21.8 Å². The van der Waals surface area contributed by atoms with Crippen molar-refractivity contribution < 1.29 is 27.1 Å². The standard InChI is InChI=1S/C19H26FN3O5S/c1-14-11-16(3-4-17(14)20)29(26,27)21-12-18(25)23-9-10-28-19(13-23)5-7-22(8-6-19)15(2)24/h3-4,11,21H,5-10,12-13H2,1-2H3. The summed E-state index contributed by atoms with van der Waals surface area (Å²) in [6, 6.07) is 3.49. The van der Waals surface area contributed by atoms with Crippen LogP contribution >= 0.6 is 0 Å². The summed E-state index contributed by atoms with van der Waals surface area (Å²) in [7, 11) is -3.92. The zero-order chi connectivity index (χ0) is 21.2. The maximum Gasteiger partial charge on any atom is 0.241 e. The van der Waals surface area contributed by atoms with Crippen LogP contribution in [0.5, 0.6) is 0 Å². The molecule has 2 heterocycles. The highest BCUT2D eigenvalue weighted by Crippen LogP contribution is 2.30. The molecule has 29 heavy (non-hydrogen) atoms. The van der Waals surface area contributed by atoms with Crippen molar-refractivity contribution in [2.24, 2.45) is 0 Å². The number of likely N-dealkylation sites (tertiary alicyclic amines) is 1. The van der Waals surface area contributed by atoms with Gasteiger partial charge in [-0.05, 0) is 43.5 Å². The Morgan fingerprint density at radius 2 is 1.90 bits per heavy atom. The third kappa shape index (κ3) is 4.93. The SMILES string of the molecule is CC(=O)N1CCC2(CC1)CN(C(=O)CNS(=O)(=O)c1ccc(F)c(C)c1)CCO2. The fourth-order valence-electron chi connectivity index (χ4n) is 3.73. The molecule has 10 heteroatoms. The number of nitrogens with zero attached hydrogens (tertiary/aromatic N) is 2. The lowest BCUT2D eigenvalue weighted by molar-refractivity contribution is -0.161. The summed E-state index contributed by atoms with van der Waals surface area (Å²) >= 11 is 0. The third-order valence-electron chi connectivity index (χ3n) is 5.57. The number of halogens is 1. The summed E-state index contributed by atoms with van der Waals surface area (Å²) in [6.07, 6.45) is 1.27. The van der Waals surface area contributed by atoms with Crippen molar-refractivity contribution in [3.05, 3.63) is 29.6 Å². The molecule has 2 fully saturated rings. The molecule has 8 nitrogen and oxygen atoms in total. The topological polar surface area (TPSA) is 96.0 Å². The Bertz CT molecular complexity index is 897. The highest BCUT2D eigenvalue weighted by molar-refractivity contribution is 7.89. The molecular formula is C19H26FN3O5S. The van der Waals surface area contributed by atoms with Crippen molar-refractivity contribution in [3.63, 3.8) is 0 Å². The summed E-state index contributed by atoms with van der Waals surface area (Å²) < 4.78 is 46.4. The summed E-state index contributed by atoms with van der Waals surface area (Å²) in [4.78, 5) is 27.4. The molecule has 0 radical (unpaired) electrons. The number of aryl methyl sites for hydroxylation is 1. The van der Waals surface area contributed by atoms with E-state index in [1.54, 1.807) is 9.80 Å². The molecule has 0 atom stereocenters. The molecule has 0 aliphatic carbocycles. The number of nitrogens with one attached hydrogen (secondary N) is 1. The number of hydrogen-bond acceptors (Lipinski definition) is 5. The van der Waals surface area contributed by atoms with Crippen molar-refractivity contribution in [3.8, 4) is 0 Å². The fourth-order valence-corrected chi connectivity index (χ4v) is 4.78. The number of ether oxygens (including phenoxy) is 1. The number of benzene rings is 1. The third-order valence-corrected chi connectivity index (χ3v) is 6.97. The molecule has 1 aromatic carbocycles. The molecule has 0 aromatic heterocycles. The average molecular weight is 427 g/mol. The van der Waals surface area contributed by atoms with Gasteiger partial charge in [0.1, 0.15) is 5.82 Å². The van der Waals surface area contributed by atoms with E-state index in [2.05, 4.69) is 4.72 Å². The number of piperidine rings is 1. The lowest BCUT2D eigenvalue weighted by atomic mass is 9.89. The number of rotatable bonds is 4. The van der Waals surface area contributed by atoms with Crippen molar-refractivity contribution in [1.29, 1.82) is 0 Å². The van der Waals surface area contributed by atoms with E-state index in [9.17, 15) is 22.4 Å². The first-order valence-electron chi connectivity index (χ1n) is 9.55. The van der Waals surface area contributed by atoms with Crippen LogP contribution in [0.2, 0.25) is 0 Å². The molecule has 1 aromatic rings. The van der Waals surface area contributed by atoms with Gasteiger partial charge in [0.15, 0.2) is 0 Å². The van der Waals surface area contributed by atoms with Gasteiger partial charge in [-0.2, -0.15) is 0 Å². The van der Waals surface area contributed by atoms with Crippen molar-refractivity contribution in [2.75, 3.05) is 39.3 Å². The Morgan fingerprint density at radius 1 is 1.21 bits per heavy atom. The minimum absolute atomic E-state index is 0.0222. The van der Waals surface area contributed by atoms with E-state index < -0.39 is 21.4 Å². The summed E-state index contributed by atoms with van der Waals surface area (Å²) in [5, 5.41) is 0. The number of sulfonamides is 1. The van der Waals surface area contributed by atoms with Gasteiger partial charge in [0.25, 0.3) is 0 Å². The molecule has 160 valence electrons. The summed E-state index contributed by atoms with van der Waals surface area (Å²) in [6.45, 7) is 4.91. The van der Waals surface area contributed by atoms with Crippen molar-refractivity contribution in [2.45, 2.75) is 37.2 Å². The number of morpholine rings is 1. The predicted octanol–water partition coefficient (Wildman–Crippen LogP) is 0.652. The Morgan fingerprint density at radius 3 is 2.52 bits per heavy atom. The Labute approximate surface area is 170 Å². The van der Waals surface area contributed by atoms with Gasteiger partial charge in [-0.15, -0.1) is 0 Å². The van der Waals surface area contributed by atoms with Crippen LogP contribution in [0.3, 0.4) is 0 Å².